The predicted molar refractivity (Wildman–Crippen MR) is 84.1 cm³/mol. The van der Waals surface area contributed by atoms with Gasteiger partial charge >= 0.3 is 0 Å². The molecule has 5 nitrogen and oxygen atoms in total. The summed E-state index contributed by atoms with van der Waals surface area (Å²) in [4.78, 5) is 13.4. The van der Waals surface area contributed by atoms with Gasteiger partial charge in [0.15, 0.2) is 5.82 Å². The van der Waals surface area contributed by atoms with Gasteiger partial charge in [-0.15, -0.1) is 0 Å². The molecular formula is C16H22N4O. The third-order valence-corrected chi connectivity index (χ3v) is 3.59. The van der Waals surface area contributed by atoms with Crippen molar-refractivity contribution in [3.05, 3.63) is 35.7 Å². The first-order valence-corrected chi connectivity index (χ1v) is 7.29. The van der Waals surface area contributed by atoms with E-state index in [1.807, 2.05) is 32.0 Å². The summed E-state index contributed by atoms with van der Waals surface area (Å²) in [5.41, 5.74) is 2.73. The third kappa shape index (κ3) is 3.76. The smallest absolute Gasteiger partial charge is 0.180 e. The highest BCUT2D eigenvalue weighted by atomic mass is 16.3. The van der Waals surface area contributed by atoms with Crippen LogP contribution in [-0.2, 0) is 0 Å². The van der Waals surface area contributed by atoms with E-state index in [2.05, 4.69) is 27.2 Å². The van der Waals surface area contributed by atoms with Gasteiger partial charge in [0.2, 0.25) is 0 Å². The summed E-state index contributed by atoms with van der Waals surface area (Å²) in [6, 6.07) is 5.91. The number of aliphatic hydroxyl groups excluding tert-OH is 1. The van der Waals surface area contributed by atoms with Crippen LogP contribution in [0, 0.1) is 13.8 Å². The van der Waals surface area contributed by atoms with Crippen LogP contribution in [0.2, 0.25) is 0 Å². The van der Waals surface area contributed by atoms with Gasteiger partial charge in [-0.3, -0.25) is 4.98 Å². The molecule has 112 valence electrons. The van der Waals surface area contributed by atoms with Gasteiger partial charge in [0.25, 0.3) is 0 Å². The van der Waals surface area contributed by atoms with E-state index in [-0.39, 0.29) is 12.6 Å². The van der Waals surface area contributed by atoms with E-state index in [4.69, 9.17) is 5.11 Å². The van der Waals surface area contributed by atoms with E-state index in [1.54, 1.807) is 6.20 Å². The molecule has 0 aliphatic heterocycles. The Morgan fingerprint density at radius 3 is 2.67 bits per heavy atom. The number of hydrogen-bond donors (Lipinski definition) is 2. The van der Waals surface area contributed by atoms with Gasteiger partial charge in [-0.1, -0.05) is 13.0 Å². The topological polar surface area (TPSA) is 70.9 Å². The Hall–Kier alpha value is -2.01. The monoisotopic (exact) mass is 286 g/mol. The molecule has 0 bridgehead atoms. The van der Waals surface area contributed by atoms with Crippen molar-refractivity contribution in [1.29, 1.82) is 0 Å². The maximum Gasteiger partial charge on any atom is 0.180 e. The summed E-state index contributed by atoms with van der Waals surface area (Å²) >= 11 is 0. The lowest BCUT2D eigenvalue weighted by atomic mass is 10.1. The van der Waals surface area contributed by atoms with Crippen molar-refractivity contribution in [1.82, 2.24) is 15.0 Å². The maximum absolute atomic E-state index is 9.12. The van der Waals surface area contributed by atoms with Crippen molar-refractivity contribution >= 4 is 5.82 Å². The van der Waals surface area contributed by atoms with Gasteiger partial charge in [0.05, 0.1) is 0 Å². The molecule has 0 saturated heterocycles. The lowest BCUT2D eigenvalue weighted by Crippen LogP contribution is -2.22. The first-order chi connectivity index (χ1) is 10.2. The quantitative estimate of drug-likeness (QED) is 0.854. The largest absolute Gasteiger partial charge is 0.396 e. The minimum absolute atomic E-state index is 0.168. The molecule has 0 amide bonds. The van der Waals surface area contributed by atoms with E-state index >= 15 is 0 Å². The van der Waals surface area contributed by atoms with Gasteiger partial charge in [0.1, 0.15) is 11.5 Å². The summed E-state index contributed by atoms with van der Waals surface area (Å²) in [6.45, 7) is 6.24. The lowest BCUT2D eigenvalue weighted by Gasteiger charge is -2.19. The zero-order valence-corrected chi connectivity index (χ0v) is 12.8. The zero-order chi connectivity index (χ0) is 15.2. The molecule has 0 aliphatic rings. The molecule has 2 rings (SSSR count). The molecule has 1 unspecified atom stereocenters. The highest BCUT2D eigenvalue weighted by Gasteiger charge is 2.13. The van der Waals surface area contributed by atoms with Crippen molar-refractivity contribution in [2.75, 3.05) is 11.9 Å². The maximum atomic E-state index is 9.12. The lowest BCUT2D eigenvalue weighted by molar-refractivity contribution is 0.278. The van der Waals surface area contributed by atoms with E-state index in [1.165, 1.54) is 0 Å². The second-order valence-electron chi connectivity index (χ2n) is 5.08. The molecule has 21 heavy (non-hydrogen) atoms. The van der Waals surface area contributed by atoms with Gasteiger partial charge < -0.3 is 10.4 Å². The van der Waals surface area contributed by atoms with E-state index in [0.29, 0.717) is 12.2 Å². The number of hydrogen-bond acceptors (Lipinski definition) is 5. The molecule has 2 aromatic heterocycles. The van der Waals surface area contributed by atoms with Crippen molar-refractivity contribution in [3.8, 4) is 11.5 Å². The summed E-state index contributed by atoms with van der Waals surface area (Å²) < 4.78 is 0. The molecule has 1 atom stereocenters. The van der Waals surface area contributed by atoms with Crippen LogP contribution in [0.1, 0.15) is 31.0 Å². The van der Waals surface area contributed by atoms with E-state index in [9.17, 15) is 0 Å². The Kier molecular flexibility index (Phi) is 5.22. The number of nitrogens with zero attached hydrogens (tertiary/aromatic N) is 3. The fraction of sp³-hybridized carbons (Fsp3) is 0.438. The van der Waals surface area contributed by atoms with Gasteiger partial charge in [0, 0.05) is 30.1 Å². The molecule has 0 fully saturated rings. The van der Waals surface area contributed by atoms with Gasteiger partial charge in [-0.2, -0.15) is 0 Å². The normalized spacial score (nSPS) is 12.2. The molecule has 2 aromatic rings. The minimum Gasteiger partial charge on any atom is -0.396 e. The van der Waals surface area contributed by atoms with Gasteiger partial charge in [-0.05, 0) is 38.8 Å². The molecule has 2 N–H and O–H groups in total. The van der Waals surface area contributed by atoms with Crippen LogP contribution in [0.5, 0.6) is 0 Å². The van der Waals surface area contributed by atoms with Crippen molar-refractivity contribution in [2.24, 2.45) is 0 Å². The Morgan fingerprint density at radius 2 is 2.05 bits per heavy atom. The fourth-order valence-electron chi connectivity index (χ4n) is 2.11. The standard InChI is InChI=1S/C16H22N4O/c1-4-13(8-10-21)19-15-11(2)12(3)18-16(20-15)14-7-5-6-9-17-14/h5-7,9,13,21H,4,8,10H2,1-3H3,(H,18,19,20). The Morgan fingerprint density at radius 1 is 1.24 bits per heavy atom. The fourth-order valence-corrected chi connectivity index (χ4v) is 2.11. The summed E-state index contributed by atoms with van der Waals surface area (Å²) in [5, 5.41) is 12.5. The van der Waals surface area contributed by atoms with Crippen LogP contribution in [-0.4, -0.2) is 32.7 Å². The predicted octanol–water partition coefficient (Wildman–Crippen LogP) is 2.73. The van der Waals surface area contributed by atoms with Crippen LogP contribution >= 0.6 is 0 Å². The van der Waals surface area contributed by atoms with Crippen molar-refractivity contribution in [2.45, 2.75) is 39.7 Å². The molecule has 5 heteroatoms. The van der Waals surface area contributed by atoms with Crippen LogP contribution in [0.4, 0.5) is 5.82 Å². The number of nitrogens with one attached hydrogen (secondary N) is 1. The van der Waals surface area contributed by atoms with Crippen LogP contribution in [0.15, 0.2) is 24.4 Å². The van der Waals surface area contributed by atoms with E-state index in [0.717, 1.165) is 29.2 Å². The zero-order valence-electron chi connectivity index (χ0n) is 12.8. The average Bonchev–Trinajstić information content (AvgIpc) is 2.51. The minimum atomic E-state index is 0.168. The molecule has 0 aliphatic carbocycles. The Bertz CT molecular complexity index is 586. The highest BCUT2D eigenvalue weighted by Crippen LogP contribution is 2.21. The summed E-state index contributed by atoms with van der Waals surface area (Å²) in [5.74, 6) is 1.45. The number of rotatable bonds is 6. The second-order valence-corrected chi connectivity index (χ2v) is 5.08. The number of aliphatic hydroxyl groups is 1. The molecule has 0 saturated carbocycles. The second kappa shape index (κ2) is 7.13. The van der Waals surface area contributed by atoms with Crippen LogP contribution < -0.4 is 5.32 Å². The number of anilines is 1. The SMILES string of the molecule is CCC(CCO)Nc1nc(-c2ccccn2)nc(C)c1C. The summed E-state index contributed by atoms with van der Waals surface area (Å²) in [7, 11) is 0. The highest BCUT2D eigenvalue weighted by molar-refractivity contribution is 5.56. The molecule has 0 aromatic carbocycles. The molecule has 2 heterocycles. The number of pyridine rings is 1. The third-order valence-electron chi connectivity index (χ3n) is 3.59. The van der Waals surface area contributed by atoms with Crippen LogP contribution in [0.3, 0.4) is 0 Å². The average molecular weight is 286 g/mol. The first-order valence-electron chi connectivity index (χ1n) is 7.29. The number of aromatic nitrogens is 3. The van der Waals surface area contributed by atoms with Crippen molar-refractivity contribution < 1.29 is 5.11 Å². The molecule has 0 radical (unpaired) electrons. The van der Waals surface area contributed by atoms with Crippen molar-refractivity contribution in [3.63, 3.8) is 0 Å². The summed E-state index contributed by atoms with van der Waals surface area (Å²) in [6.07, 6.45) is 3.38. The Labute approximate surface area is 125 Å². The Balaban J connectivity index is 2.35. The van der Waals surface area contributed by atoms with Crippen LogP contribution in [0.25, 0.3) is 11.5 Å². The molecular weight excluding hydrogens is 264 g/mol. The van der Waals surface area contributed by atoms with E-state index < -0.39 is 0 Å². The number of aryl methyl sites for hydroxylation is 1. The molecule has 0 spiro atoms. The van der Waals surface area contributed by atoms with Gasteiger partial charge in [-0.25, -0.2) is 9.97 Å². The first kappa shape index (κ1) is 15.4.